The van der Waals surface area contributed by atoms with Crippen LogP contribution in [0, 0.1) is 5.92 Å². The fraction of sp³-hybridized carbons (Fsp3) is 0.500. The predicted molar refractivity (Wildman–Crippen MR) is 144 cm³/mol. The second-order valence-electron chi connectivity index (χ2n) is 10.1. The van der Waals surface area contributed by atoms with Gasteiger partial charge in [0, 0.05) is 33.1 Å². The van der Waals surface area contributed by atoms with Crippen LogP contribution >= 0.6 is 0 Å². The molecule has 196 valence electrons. The highest BCUT2D eigenvalue weighted by atomic mass is 32.2. The summed E-state index contributed by atoms with van der Waals surface area (Å²) in [5.41, 5.74) is 3.14. The molecule has 2 amide bonds. The summed E-state index contributed by atoms with van der Waals surface area (Å²) < 4.78 is 28.0. The van der Waals surface area contributed by atoms with E-state index in [1.165, 1.54) is 27.8 Å². The molecule has 0 saturated carbocycles. The van der Waals surface area contributed by atoms with Crippen molar-refractivity contribution in [1.29, 1.82) is 0 Å². The Balaban J connectivity index is 1.90. The summed E-state index contributed by atoms with van der Waals surface area (Å²) in [7, 11) is -1.68. The zero-order valence-corrected chi connectivity index (χ0v) is 23.1. The predicted octanol–water partition coefficient (Wildman–Crippen LogP) is 4.07. The minimum absolute atomic E-state index is 0.192. The zero-order chi connectivity index (χ0) is 26.6. The summed E-state index contributed by atoms with van der Waals surface area (Å²) in [4.78, 5) is 29.7. The van der Waals surface area contributed by atoms with Crippen LogP contribution in [0.1, 0.15) is 57.2 Å². The van der Waals surface area contributed by atoms with Crippen molar-refractivity contribution < 1.29 is 18.0 Å². The van der Waals surface area contributed by atoms with Crippen molar-refractivity contribution in [3.63, 3.8) is 0 Å². The van der Waals surface area contributed by atoms with Gasteiger partial charge in [0.05, 0.1) is 16.5 Å². The molecule has 1 atom stereocenters. The lowest BCUT2D eigenvalue weighted by Gasteiger charge is -2.32. The van der Waals surface area contributed by atoms with E-state index < -0.39 is 21.8 Å². The molecule has 7 nitrogen and oxygen atoms in total. The molecule has 2 aromatic carbocycles. The fourth-order valence-electron chi connectivity index (χ4n) is 4.59. The first-order chi connectivity index (χ1) is 16.9. The third-order valence-electron chi connectivity index (χ3n) is 6.80. The monoisotopic (exact) mass is 513 g/mol. The maximum absolute atomic E-state index is 13.6. The number of sulfonamides is 1. The molecule has 36 heavy (non-hydrogen) atoms. The number of aryl methyl sites for hydroxylation is 1. The van der Waals surface area contributed by atoms with Gasteiger partial charge in [0.15, 0.2) is 0 Å². The first kappa shape index (κ1) is 28.0. The van der Waals surface area contributed by atoms with E-state index in [0.29, 0.717) is 49.8 Å². The Kier molecular flexibility index (Phi) is 9.08. The van der Waals surface area contributed by atoms with E-state index in [9.17, 15) is 18.0 Å². The maximum atomic E-state index is 13.6. The van der Waals surface area contributed by atoms with Crippen LogP contribution in [0.2, 0.25) is 0 Å². The van der Waals surface area contributed by atoms with Gasteiger partial charge in [0.2, 0.25) is 21.8 Å². The second kappa shape index (κ2) is 11.7. The summed E-state index contributed by atoms with van der Waals surface area (Å²) in [6.45, 7) is 11.6. The van der Waals surface area contributed by atoms with E-state index in [2.05, 4.69) is 18.7 Å². The van der Waals surface area contributed by atoms with Crippen molar-refractivity contribution >= 4 is 27.5 Å². The number of rotatable bonds is 8. The number of benzene rings is 2. The summed E-state index contributed by atoms with van der Waals surface area (Å²) in [6, 6.07) is 12.7. The lowest BCUT2D eigenvalue weighted by Crippen LogP contribution is -2.47. The third kappa shape index (κ3) is 6.22. The number of carbonyl (C=O) groups excluding carboxylic acids is 2. The molecule has 0 spiro atoms. The first-order valence-electron chi connectivity index (χ1n) is 12.7. The van der Waals surface area contributed by atoms with Crippen LogP contribution in [0.3, 0.4) is 0 Å². The van der Waals surface area contributed by atoms with Gasteiger partial charge in [0.25, 0.3) is 0 Å². The number of anilines is 1. The Hall–Kier alpha value is -2.55. The number of hydrogen-bond acceptors (Lipinski definition) is 5. The smallest absolute Gasteiger partial charge is 0.243 e. The van der Waals surface area contributed by atoms with Gasteiger partial charge in [-0.05, 0) is 67.6 Å². The van der Waals surface area contributed by atoms with Crippen molar-refractivity contribution in [3.8, 4) is 0 Å². The average Bonchev–Trinajstić information content (AvgIpc) is 2.84. The highest BCUT2D eigenvalue weighted by molar-refractivity contribution is 7.89. The van der Waals surface area contributed by atoms with Crippen molar-refractivity contribution in [3.05, 3.63) is 59.2 Å². The molecule has 1 heterocycles. The quantitative estimate of drug-likeness (QED) is 0.532. The molecular weight excluding hydrogens is 474 g/mol. The van der Waals surface area contributed by atoms with Gasteiger partial charge in [0.1, 0.15) is 0 Å². The Bertz CT molecular complexity index is 1180. The van der Waals surface area contributed by atoms with Crippen LogP contribution in [0.25, 0.3) is 0 Å². The number of carbonyl (C=O) groups is 2. The summed E-state index contributed by atoms with van der Waals surface area (Å²) in [5, 5.41) is 0. The molecule has 1 aliphatic heterocycles. The molecular formula is C28H39N3O4S. The molecule has 0 aromatic heterocycles. The summed E-state index contributed by atoms with van der Waals surface area (Å²) >= 11 is 0. The Labute approximate surface area is 216 Å². The lowest BCUT2D eigenvalue weighted by atomic mass is 9.95. The summed E-state index contributed by atoms with van der Waals surface area (Å²) in [5.74, 6) is -0.713. The fourth-order valence-corrected chi connectivity index (χ4v) is 6.07. The van der Waals surface area contributed by atoms with Crippen LogP contribution in [-0.2, 0) is 32.5 Å². The maximum Gasteiger partial charge on any atom is 0.243 e. The number of imide groups is 1. The van der Waals surface area contributed by atoms with Crippen molar-refractivity contribution in [2.75, 3.05) is 38.1 Å². The van der Waals surface area contributed by atoms with Gasteiger partial charge in [-0.1, -0.05) is 45.0 Å². The number of hydrogen-bond donors (Lipinski definition) is 0. The topological polar surface area (TPSA) is 78.0 Å². The average molecular weight is 514 g/mol. The molecule has 1 fully saturated rings. The van der Waals surface area contributed by atoms with Crippen LogP contribution in [0.15, 0.2) is 47.4 Å². The van der Waals surface area contributed by atoms with Gasteiger partial charge >= 0.3 is 0 Å². The minimum atomic E-state index is -3.65. The van der Waals surface area contributed by atoms with Gasteiger partial charge in [-0.25, -0.2) is 8.42 Å². The zero-order valence-electron chi connectivity index (χ0n) is 22.3. The molecule has 1 aliphatic rings. The third-order valence-corrected chi connectivity index (χ3v) is 8.70. The minimum Gasteiger partial charge on any atom is -0.304 e. The van der Waals surface area contributed by atoms with Crippen LogP contribution in [0.4, 0.5) is 5.69 Å². The van der Waals surface area contributed by atoms with Crippen molar-refractivity contribution in [2.24, 2.45) is 5.92 Å². The molecule has 0 bridgehead atoms. The van der Waals surface area contributed by atoms with Crippen LogP contribution in [0.5, 0.6) is 0 Å². The molecule has 1 saturated heterocycles. The van der Waals surface area contributed by atoms with Crippen molar-refractivity contribution in [2.45, 2.75) is 58.3 Å². The Morgan fingerprint density at radius 2 is 1.58 bits per heavy atom. The van der Waals surface area contributed by atoms with Gasteiger partial charge in [-0.2, -0.15) is 4.31 Å². The Morgan fingerprint density at radius 3 is 2.11 bits per heavy atom. The standard InChI is InChI=1S/C28H39N3O4S/c1-7-24-19-26(36(34,35)30-16-14-29(6)15-17-30)12-13-27(24)31(22(5)32)28(33)21(4)25-10-8-23(9-11-25)18-20(2)3/h8-13,19-21H,7,14-18H2,1-6H3. The number of amides is 2. The van der Waals surface area contributed by atoms with Gasteiger partial charge in [-0.15, -0.1) is 0 Å². The summed E-state index contributed by atoms with van der Waals surface area (Å²) in [6.07, 6.45) is 1.45. The molecule has 8 heteroatoms. The van der Waals surface area contributed by atoms with Crippen LogP contribution < -0.4 is 4.90 Å². The van der Waals surface area contributed by atoms with E-state index in [4.69, 9.17) is 0 Å². The largest absolute Gasteiger partial charge is 0.304 e. The number of piperazine rings is 1. The van der Waals surface area contributed by atoms with Crippen LogP contribution in [-0.4, -0.2) is 62.7 Å². The van der Waals surface area contributed by atoms with E-state index in [1.54, 1.807) is 19.1 Å². The normalized spacial score (nSPS) is 16.2. The van der Waals surface area contributed by atoms with Gasteiger partial charge in [-0.3, -0.25) is 14.5 Å². The van der Waals surface area contributed by atoms with E-state index in [-0.39, 0.29) is 10.8 Å². The van der Waals surface area contributed by atoms with Crippen molar-refractivity contribution in [1.82, 2.24) is 9.21 Å². The molecule has 0 aliphatic carbocycles. The highest BCUT2D eigenvalue weighted by Crippen LogP contribution is 2.30. The highest BCUT2D eigenvalue weighted by Gasteiger charge is 2.31. The lowest BCUT2D eigenvalue weighted by molar-refractivity contribution is -0.126. The number of nitrogens with zero attached hydrogens (tertiary/aromatic N) is 3. The molecule has 1 unspecified atom stereocenters. The molecule has 3 rings (SSSR count). The molecule has 2 aromatic rings. The number of likely N-dealkylation sites (N-methyl/N-ethyl adjacent to an activating group) is 1. The molecule has 0 N–H and O–H groups in total. The first-order valence-corrected chi connectivity index (χ1v) is 14.1. The second-order valence-corrected chi connectivity index (χ2v) is 12.0. The molecule has 0 radical (unpaired) electrons. The SMILES string of the molecule is CCc1cc(S(=O)(=O)N2CCN(C)CC2)ccc1N(C(C)=O)C(=O)C(C)c1ccc(CC(C)C)cc1. The van der Waals surface area contributed by atoms with E-state index >= 15 is 0 Å². The van der Waals surface area contributed by atoms with E-state index in [0.717, 1.165) is 12.0 Å². The van der Waals surface area contributed by atoms with Gasteiger partial charge < -0.3 is 4.90 Å². The van der Waals surface area contributed by atoms with E-state index in [1.807, 2.05) is 38.2 Å². The Morgan fingerprint density at radius 1 is 0.972 bits per heavy atom.